The Kier molecular flexibility index (Phi) is 9.16. The van der Waals surface area contributed by atoms with Crippen molar-refractivity contribution in [3.63, 3.8) is 0 Å². The molecule has 148 valence electrons. The topological polar surface area (TPSA) is 125 Å². The lowest BCUT2D eigenvalue weighted by Crippen LogP contribution is -2.14. The Hall–Kier alpha value is -1.74. The molecule has 0 saturated heterocycles. The van der Waals surface area contributed by atoms with Crippen LogP contribution in [0.25, 0.3) is 0 Å². The SMILES string of the molecule is C=C(C)C(=O)OCCOCCc1c(C)c(C)c(C)c(S(=O)(=O)O)c1C.N. The monoisotopic (exact) mass is 387 g/mol. The number of benzene rings is 1. The second-order valence-corrected chi connectivity index (χ2v) is 7.42. The molecule has 0 heterocycles. The molecular weight excluding hydrogens is 358 g/mol. The molecule has 8 heteroatoms. The quantitative estimate of drug-likeness (QED) is 0.304. The van der Waals surface area contributed by atoms with E-state index in [0.717, 1.165) is 16.7 Å². The fraction of sp³-hybridized carbons (Fsp3) is 0.500. The first-order valence-corrected chi connectivity index (χ1v) is 9.39. The van der Waals surface area contributed by atoms with E-state index < -0.39 is 16.1 Å². The highest BCUT2D eigenvalue weighted by atomic mass is 32.2. The smallest absolute Gasteiger partial charge is 0.333 e. The number of hydrogen-bond donors (Lipinski definition) is 2. The molecule has 0 spiro atoms. The zero-order valence-electron chi connectivity index (χ0n) is 16.1. The molecule has 0 saturated carbocycles. The molecule has 0 aromatic heterocycles. The van der Waals surface area contributed by atoms with Gasteiger partial charge in [0, 0.05) is 5.57 Å². The summed E-state index contributed by atoms with van der Waals surface area (Å²) in [7, 11) is -4.29. The molecule has 4 N–H and O–H groups in total. The molecule has 0 aliphatic heterocycles. The minimum Gasteiger partial charge on any atom is -0.460 e. The molecule has 0 unspecified atom stereocenters. The summed E-state index contributed by atoms with van der Waals surface area (Å²) in [5.74, 6) is -0.456. The Morgan fingerprint density at radius 2 is 1.58 bits per heavy atom. The van der Waals surface area contributed by atoms with Crippen molar-refractivity contribution in [3.8, 4) is 0 Å². The minimum absolute atomic E-state index is 0. The maximum atomic E-state index is 11.7. The average molecular weight is 387 g/mol. The highest BCUT2D eigenvalue weighted by molar-refractivity contribution is 7.86. The van der Waals surface area contributed by atoms with Crippen LogP contribution in [0.4, 0.5) is 0 Å². The van der Waals surface area contributed by atoms with Crippen molar-refractivity contribution < 1.29 is 27.2 Å². The maximum absolute atomic E-state index is 11.7. The van der Waals surface area contributed by atoms with Crippen LogP contribution in [0.5, 0.6) is 0 Å². The van der Waals surface area contributed by atoms with Gasteiger partial charge in [-0.15, -0.1) is 0 Å². The van der Waals surface area contributed by atoms with Gasteiger partial charge in [-0.25, -0.2) is 4.79 Å². The third kappa shape index (κ3) is 5.91. The van der Waals surface area contributed by atoms with Gasteiger partial charge in [-0.2, -0.15) is 8.42 Å². The highest BCUT2D eigenvalue weighted by Crippen LogP contribution is 2.30. The van der Waals surface area contributed by atoms with Gasteiger partial charge in [-0.05, 0) is 68.9 Å². The molecule has 1 rings (SSSR count). The summed E-state index contributed by atoms with van der Waals surface area (Å²) >= 11 is 0. The molecule has 0 atom stereocenters. The molecule has 0 radical (unpaired) electrons. The van der Waals surface area contributed by atoms with Gasteiger partial charge in [-0.3, -0.25) is 4.55 Å². The first-order valence-electron chi connectivity index (χ1n) is 7.95. The molecule has 1 aromatic rings. The van der Waals surface area contributed by atoms with E-state index >= 15 is 0 Å². The summed E-state index contributed by atoms with van der Waals surface area (Å²) in [6.45, 7) is 12.9. The molecule has 7 nitrogen and oxygen atoms in total. The molecule has 0 bridgehead atoms. The fourth-order valence-electron chi connectivity index (χ4n) is 2.73. The van der Waals surface area contributed by atoms with Crippen LogP contribution < -0.4 is 6.15 Å². The molecule has 0 aliphatic carbocycles. The van der Waals surface area contributed by atoms with Crippen LogP contribution in [0.2, 0.25) is 0 Å². The van der Waals surface area contributed by atoms with Crippen LogP contribution in [0.15, 0.2) is 17.0 Å². The Balaban J connectivity index is 0.00000625. The van der Waals surface area contributed by atoms with Gasteiger partial charge < -0.3 is 15.6 Å². The molecule has 1 aromatic carbocycles. The second kappa shape index (κ2) is 9.82. The Bertz CT molecular complexity index is 784. The van der Waals surface area contributed by atoms with Crippen molar-refractivity contribution in [1.29, 1.82) is 0 Å². The van der Waals surface area contributed by atoms with E-state index in [1.165, 1.54) is 0 Å². The van der Waals surface area contributed by atoms with E-state index in [4.69, 9.17) is 9.47 Å². The summed E-state index contributed by atoms with van der Waals surface area (Å²) in [4.78, 5) is 11.2. The van der Waals surface area contributed by atoms with Crippen molar-refractivity contribution >= 4 is 16.1 Å². The van der Waals surface area contributed by atoms with Crippen LogP contribution in [-0.2, 0) is 30.8 Å². The predicted molar refractivity (Wildman–Crippen MR) is 101 cm³/mol. The molecule has 0 aliphatic rings. The van der Waals surface area contributed by atoms with Crippen molar-refractivity contribution in [1.82, 2.24) is 6.15 Å². The predicted octanol–water partition coefficient (Wildman–Crippen LogP) is 3.01. The van der Waals surface area contributed by atoms with Crippen LogP contribution in [-0.4, -0.2) is 38.8 Å². The van der Waals surface area contributed by atoms with E-state index in [2.05, 4.69) is 6.58 Å². The first-order chi connectivity index (χ1) is 11.5. The van der Waals surface area contributed by atoms with E-state index in [1.54, 1.807) is 20.8 Å². The van der Waals surface area contributed by atoms with Crippen molar-refractivity contribution in [2.75, 3.05) is 19.8 Å². The van der Waals surface area contributed by atoms with Gasteiger partial charge in [0.2, 0.25) is 0 Å². The second-order valence-electron chi connectivity index (χ2n) is 6.06. The molecule has 0 amide bonds. The van der Waals surface area contributed by atoms with Crippen LogP contribution >= 0.6 is 0 Å². The van der Waals surface area contributed by atoms with E-state index in [1.807, 2.05) is 13.8 Å². The Morgan fingerprint density at radius 3 is 2.08 bits per heavy atom. The number of carbonyl (C=O) groups is 1. The number of esters is 1. The summed E-state index contributed by atoms with van der Waals surface area (Å²) < 4.78 is 43.3. The number of rotatable bonds is 8. The lowest BCUT2D eigenvalue weighted by molar-refractivity contribution is -0.140. The van der Waals surface area contributed by atoms with Gasteiger partial charge in [0.15, 0.2) is 0 Å². The van der Waals surface area contributed by atoms with Crippen LogP contribution in [0.1, 0.15) is 34.7 Å². The highest BCUT2D eigenvalue weighted by Gasteiger charge is 2.22. The number of carbonyl (C=O) groups excluding carboxylic acids is 1. The zero-order chi connectivity index (χ0) is 19.4. The van der Waals surface area contributed by atoms with Crippen LogP contribution in [0.3, 0.4) is 0 Å². The van der Waals surface area contributed by atoms with E-state index in [9.17, 15) is 17.8 Å². The summed E-state index contributed by atoms with van der Waals surface area (Å²) in [6.07, 6.45) is 0.496. The van der Waals surface area contributed by atoms with Gasteiger partial charge in [0.05, 0.1) is 13.2 Å². The van der Waals surface area contributed by atoms with Gasteiger partial charge in [0.1, 0.15) is 11.5 Å². The van der Waals surface area contributed by atoms with E-state index in [0.29, 0.717) is 29.7 Å². The normalized spacial score (nSPS) is 11.0. The summed E-state index contributed by atoms with van der Waals surface area (Å²) in [6, 6.07) is 0. The lowest BCUT2D eigenvalue weighted by Gasteiger charge is -2.19. The Morgan fingerprint density at radius 1 is 1.00 bits per heavy atom. The molecule has 26 heavy (non-hydrogen) atoms. The summed E-state index contributed by atoms with van der Waals surface area (Å²) in [5, 5.41) is 0. The van der Waals surface area contributed by atoms with Crippen molar-refractivity contribution in [2.45, 2.75) is 45.9 Å². The molecule has 0 fully saturated rings. The third-order valence-corrected chi connectivity index (χ3v) is 5.40. The third-order valence-electron chi connectivity index (χ3n) is 4.28. The Labute approximate surface area is 155 Å². The fourth-order valence-corrected chi connectivity index (χ4v) is 3.78. The standard InChI is InChI=1S/C18H26O6S.H3N/c1-11(2)18(19)24-10-9-23-8-7-16-13(4)12(3)14(5)17(15(16)6)25(20,21)22;/h1,7-10H2,2-6H3,(H,20,21,22);1H3. The largest absolute Gasteiger partial charge is 0.460 e. The van der Waals surface area contributed by atoms with Crippen molar-refractivity contribution in [3.05, 3.63) is 40.0 Å². The van der Waals surface area contributed by atoms with Gasteiger partial charge >= 0.3 is 5.97 Å². The minimum atomic E-state index is -4.29. The maximum Gasteiger partial charge on any atom is 0.333 e. The summed E-state index contributed by atoms with van der Waals surface area (Å²) in [5.41, 5.74) is 4.10. The lowest BCUT2D eigenvalue weighted by atomic mass is 9.92. The zero-order valence-corrected chi connectivity index (χ0v) is 17.0. The van der Waals surface area contributed by atoms with E-state index in [-0.39, 0.29) is 24.3 Å². The number of hydrogen-bond acceptors (Lipinski definition) is 6. The van der Waals surface area contributed by atoms with Crippen LogP contribution in [0, 0.1) is 27.7 Å². The van der Waals surface area contributed by atoms with Gasteiger partial charge in [-0.1, -0.05) is 6.58 Å². The molecular formula is C18H29NO6S. The first kappa shape index (κ1) is 24.3. The number of ether oxygens (including phenoxy) is 2. The average Bonchev–Trinajstić information content (AvgIpc) is 2.49. The van der Waals surface area contributed by atoms with Gasteiger partial charge in [0.25, 0.3) is 10.1 Å². The van der Waals surface area contributed by atoms with Crippen molar-refractivity contribution in [2.24, 2.45) is 0 Å².